The van der Waals surface area contributed by atoms with Crippen LogP contribution in [-0.4, -0.2) is 15.0 Å². The average molecular weight is 281 g/mol. The predicted octanol–water partition coefficient (Wildman–Crippen LogP) is 4.48. The summed E-state index contributed by atoms with van der Waals surface area (Å²) in [4.78, 5) is 12.0. The molecule has 0 aliphatic heterocycles. The molecule has 2 heterocycles. The highest BCUT2D eigenvalue weighted by molar-refractivity contribution is 7.71. The van der Waals surface area contributed by atoms with Crippen molar-refractivity contribution < 1.29 is 0 Å². The maximum absolute atomic E-state index is 5.28. The SMILES string of the molecule is CC(C)c1nc(=S)cc(-c2cccc3ccncc23)[nH]1. The van der Waals surface area contributed by atoms with Crippen LogP contribution in [0.2, 0.25) is 0 Å². The molecule has 0 amide bonds. The molecule has 2 aromatic heterocycles. The Morgan fingerprint density at radius 2 is 2.05 bits per heavy atom. The molecule has 1 aromatic carbocycles. The molecule has 0 bridgehead atoms. The lowest BCUT2D eigenvalue weighted by Gasteiger charge is -2.10. The van der Waals surface area contributed by atoms with E-state index in [1.54, 1.807) is 6.20 Å². The van der Waals surface area contributed by atoms with Gasteiger partial charge in [-0.2, -0.15) is 0 Å². The van der Waals surface area contributed by atoms with Gasteiger partial charge in [-0.15, -0.1) is 0 Å². The smallest absolute Gasteiger partial charge is 0.130 e. The molecule has 0 saturated carbocycles. The lowest BCUT2D eigenvalue weighted by molar-refractivity contribution is 0.773. The number of nitrogens with one attached hydrogen (secondary N) is 1. The first-order chi connectivity index (χ1) is 9.65. The number of rotatable bonds is 2. The van der Waals surface area contributed by atoms with Gasteiger partial charge in [-0.1, -0.05) is 44.3 Å². The molecule has 0 fully saturated rings. The number of hydrogen-bond donors (Lipinski definition) is 1. The third kappa shape index (κ3) is 2.34. The fourth-order valence-corrected chi connectivity index (χ4v) is 2.46. The van der Waals surface area contributed by atoms with Crippen LogP contribution in [0.1, 0.15) is 25.6 Å². The minimum absolute atomic E-state index is 0.310. The van der Waals surface area contributed by atoms with Crippen LogP contribution in [0.15, 0.2) is 42.7 Å². The van der Waals surface area contributed by atoms with Crippen LogP contribution < -0.4 is 0 Å². The molecule has 100 valence electrons. The van der Waals surface area contributed by atoms with Crippen LogP contribution in [0.4, 0.5) is 0 Å². The van der Waals surface area contributed by atoms with Crippen molar-refractivity contribution >= 4 is 23.0 Å². The monoisotopic (exact) mass is 281 g/mol. The summed E-state index contributed by atoms with van der Waals surface area (Å²) < 4.78 is 0.614. The van der Waals surface area contributed by atoms with Gasteiger partial charge in [0.2, 0.25) is 0 Å². The third-order valence-electron chi connectivity index (χ3n) is 3.28. The third-order valence-corrected chi connectivity index (χ3v) is 3.49. The van der Waals surface area contributed by atoms with E-state index in [9.17, 15) is 0 Å². The van der Waals surface area contributed by atoms with Crippen molar-refractivity contribution in [2.24, 2.45) is 0 Å². The van der Waals surface area contributed by atoms with E-state index < -0.39 is 0 Å². The van der Waals surface area contributed by atoms with Crippen molar-refractivity contribution in [3.63, 3.8) is 0 Å². The van der Waals surface area contributed by atoms with E-state index in [0.29, 0.717) is 10.6 Å². The second kappa shape index (κ2) is 5.13. The highest BCUT2D eigenvalue weighted by Crippen LogP contribution is 2.27. The van der Waals surface area contributed by atoms with Crippen LogP contribution in [0, 0.1) is 4.64 Å². The van der Waals surface area contributed by atoms with E-state index in [1.807, 2.05) is 24.4 Å². The molecule has 4 heteroatoms. The van der Waals surface area contributed by atoms with Gasteiger partial charge >= 0.3 is 0 Å². The summed E-state index contributed by atoms with van der Waals surface area (Å²) in [5.41, 5.74) is 2.10. The predicted molar refractivity (Wildman–Crippen MR) is 84.2 cm³/mol. The summed E-state index contributed by atoms with van der Waals surface area (Å²) in [5.74, 6) is 1.22. The van der Waals surface area contributed by atoms with Crippen LogP contribution in [-0.2, 0) is 0 Å². The Kier molecular flexibility index (Phi) is 3.32. The van der Waals surface area contributed by atoms with Gasteiger partial charge in [-0.25, -0.2) is 4.98 Å². The molecule has 0 saturated heterocycles. The van der Waals surface area contributed by atoms with Gasteiger partial charge in [0.1, 0.15) is 10.5 Å². The zero-order chi connectivity index (χ0) is 14.1. The molecule has 3 nitrogen and oxygen atoms in total. The Balaban J connectivity index is 2.28. The van der Waals surface area contributed by atoms with Crippen molar-refractivity contribution in [3.8, 4) is 11.3 Å². The van der Waals surface area contributed by atoms with Crippen LogP contribution in [0.3, 0.4) is 0 Å². The highest BCUT2D eigenvalue weighted by atomic mass is 32.1. The molecule has 0 spiro atoms. The summed E-state index contributed by atoms with van der Waals surface area (Å²) >= 11 is 5.28. The Bertz CT molecular complexity index is 816. The van der Waals surface area contributed by atoms with E-state index in [1.165, 1.54) is 5.39 Å². The molecule has 0 radical (unpaired) electrons. The van der Waals surface area contributed by atoms with Crippen molar-refractivity contribution in [2.75, 3.05) is 0 Å². The van der Waals surface area contributed by atoms with Crippen molar-refractivity contribution in [1.29, 1.82) is 0 Å². The quantitative estimate of drug-likeness (QED) is 0.704. The number of pyridine rings is 1. The number of aromatic nitrogens is 3. The minimum Gasteiger partial charge on any atom is -0.343 e. The van der Waals surface area contributed by atoms with E-state index in [-0.39, 0.29) is 0 Å². The maximum atomic E-state index is 5.28. The summed E-state index contributed by atoms with van der Waals surface area (Å²) in [6.07, 6.45) is 3.69. The Labute approximate surface area is 122 Å². The van der Waals surface area contributed by atoms with Gasteiger partial charge in [-0.05, 0) is 17.5 Å². The zero-order valence-electron chi connectivity index (χ0n) is 11.4. The van der Waals surface area contributed by atoms with Crippen LogP contribution in [0.5, 0.6) is 0 Å². The second-order valence-corrected chi connectivity index (χ2v) is 5.49. The molecule has 0 unspecified atom stereocenters. The molecular weight excluding hydrogens is 266 g/mol. The van der Waals surface area contributed by atoms with Gasteiger partial charge in [-0.3, -0.25) is 4.98 Å². The Morgan fingerprint density at radius 1 is 1.20 bits per heavy atom. The largest absolute Gasteiger partial charge is 0.343 e. The first-order valence-corrected chi connectivity index (χ1v) is 7.00. The number of aromatic amines is 1. The molecule has 20 heavy (non-hydrogen) atoms. The average Bonchev–Trinajstić information content (AvgIpc) is 2.46. The minimum atomic E-state index is 0.310. The van der Waals surface area contributed by atoms with E-state index in [2.05, 4.69) is 40.9 Å². The Hall–Kier alpha value is -2.07. The molecule has 3 aromatic rings. The van der Waals surface area contributed by atoms with E-state index in [0.717, 1.165) is 22.5 Å². The van der Waals surface area contributed by atoms with E-state index in [4.69, 9.17) is 12.2 Å². The lowest BCUT2D eigenvalue weighted by atomic mass is 10.0. The zero-order valence-corrected chi connectivity index (χ0v) is 12.2. The summed E-state index contributed by atoms with van der Waals surface area (Å²) in [6.45, 7) is 4.20. The van der Waals surface area contributed by atoms with Crippen molar-refractivity contribution in [1.82, 2.24) is 15.0 Å². The second-order valence-electron chi connectivity index (χ2n) is 5.08. The molecule has 0 aliphatic carbocycles. The van der Waals surface area contributed by atoms with Gasteiger partial charge < -0.3 is 4.98 Å². The molecule has 1 N–H and O–H groups in total. The number of hydrogen-bond acceptors (Lipinski definition) is 3. The van der Waals surface area contributed by atoms with Crippen LogP contribution in [0.25, 0.3) is 22.0 Å². The van der Waals surface area contributed by atoms with Gasteiger partial charge in [0.25, 0.3) is 0 Å². The normalized spacial score (nSPS) is 11.2. The summed E-state index contributed by atoms with van der Waals surface area (Å²) in [5, 5.41) is 2.28. The van der Waals surface area contributed by atoms with Gasteiger partial charge in [0.15, 0.2) is 0 Å². The van der Waals surface area contributed by atoms with Gasteiger partial charge in [0, 0.05) is 29.3 Å². The fraction of sp³-hybridized carbons (Fsp3) is 0.188. The Morgan fingerprint density at radius 3 is 2.85 bits per heavy atom. The topological polar surface area (TPSA) is 41.6 Å². The first kappa shape index (κ1) is 12.9. The number of nitrogens with zero attached hydrogens (tertiary/aromatic N) is 2. The van der Waals surface area contributed by atoms with E-state index >= 15 is 0 Å². The van der Waals surface area contributed by atoms with Crippen molar-refractivity contribution in [3.05, 3.63) is 53.2 Å². The molecule has 0 aliphatic rings. The van der Waals surface area contributed by atoms with Crippen LogP contribution >= 0.6 is 12.2 Å². The summed E-state index contributed by atoms with van der Waals surface area (Å²) in [7, 11) is 0. The first-order valence-electron chi connectivity index (χ1n) is 6.59. The highest BCUT2D eigenvalue weighted by Gasteiger charge is 2.08. The fourth-order valence-electron chi connectivity index (χ4n) is 2.24. The van der Waals surface area contributed by atoms with Crippen molar-refractivity contribution in [2.45, 2.75) is 19.8 Å². The van der Waals surface area contributed by atoms with Gasteiger partial charge in [0.05, 0.1) is 5.69 Å². The molecule has 3 rings (SSSR count). The maximum Gasteiger partial charge on any atom is 0.130 e. The number of fused-ring (bicyclic) bond motifs is 1. The standard InChI is InChI=1S/C16H15N3S/c1-10(2)16-18-14(8-15(20)19-16)12-5-3-4-11-6-7-17-9-13(11)12/h3-10H,1-2H3,(H,18,19,20). The summed E-state index contributed by atoms with van der Waals surface area (Å²) in [6, 6.07) is 10.1. The number of H-pyrrole nitrogens is 1. The molecular formula is C16H15N3S. The lowest BCUT2D eigenvalue weighted by Crippen LogP contribution is -1.99. The molecule has 0 atom stereocenters. The number of benzene rings is 1.